The highest BCUT2D eigenvalue weighted by Crippen LogP contribution is 2.25. The molecule has 0 aliphatic carbocycles. The minimum absolute atomic E-state index is 0.0303. The van der Waals surface area contributed by atoms with Gasteiger partial charge in [0, 0.05) is 11.0 Å². The maximum Gasteiger partial charge on any atom is 0.305 e. The molecule has 17 heavy (non-hydrogen) atoms. The van der Waals surface area contributed by atoms with Crippen LogP contribution >= 0.6 is 0 Å². The number of likely N-dealkylation sites (N-methyl/N-ethyl adjacent to an activating group) is 1. The molecule has 0 aliphatic heterocycles. The van der Waals surface area contributed by atoms with E-state index in [0.717, 1.165) is 0 Å². The molecule has 0 aromatic heterocycles. The molecule has 0 aliphatic rings. The monoisotopic (exact) mass is 243 g/mol. The summed E-state index contributed by atoms with van der Waals surface area (Å²) in [4.78, 5) is 25.0. The average molecular weight is 243 g/mol. The zero-order chi connectivity index (χ0) is 14.0. The van der Waals surface area contributed by atoms with E-state index in [9.17, 15) is 9.59 Å². The molecule has 0 rings (SSSR count). The van der Waals surface area contributed by atoms with E-state index in [1.807, 2.05) is 46.4 Å². The van der Waals surface area contributed by atoms with Gasteiger partial charge in [-0.25, -0.2) is 0 Å². The van der Waals surface area contributed by atoms with Gasteiger partial charge in [0.2, 0.25) is 0 Å². The van der Waals surface area contributed by atoms with Gasteiger partial charge in [-0.2, -0.15) is 0 Å². The van der Waals surface area contributed by atoms with Crippen LogP contribution in [0.25, 0.3) is 0 Å². The normalized spacial score (nSPS) is 14.8. The van der Waals surface area contributed by atoms with Crippen molar-refractivity contribution >= 4 is 11.8 Å². The first-order valence-electron chi connectivity index (χ1n) is 5.86. The minimum atomic E-state index is -0.941. The summed E-state index contributed by atoms with van der Waals surface area (Å²) in [5.74, 6) is -0.971. The van der Waals surface area contributed by atoms with Gasteiger partial charge in [-0.05, 0) is 27.8 Å². The van der Waals surface area contributed by atoms with Gasteiger partial charge < -0.3 is 5.11 Å². The molecule has 0 radical (unpaired) electrons. The van der Waals surface area contributed by atoms with Crippen molar-refractivity contribution in [3.05, 3.63) is 0 Å². The molecule has 0 aromatic rings. The maximum absolute atomic E-state index is 12.3. The second-order valence-corrected chi connectivity index (χ2v) is 6.51. The number of hydrogen-bond donors (Lipinski definition) is 1. The first-order valence-corrected chi connectivity index (χ1v) is 5.86. The summed E-state index contributed by atoms with van der Waals surface area (Å²) in [5.41, 5.74) is -0.763. The number of Topliss-reactive ketones (excluding diaryl/α,β-unsaturated/α-hetero) is 1. The number of carbonyl (C=O) groups is 2. The summed E-state index contributed by atoms with van der Waals surface area (Å²) in [6, 6.07) is -0.576. The Balaban J connectivity index is 5.15. The number of ketones is 1. The van der Waals surface area contributed by atoms with E-state index in [0.29, 0.717) is 0 Å². The number of nitrogens with zero attached hydrogens (tertiary/aromatic N) is 1. The molecule has 100 valence electrons. The van der Waals surface area contributed by atoms with Gasteiger partial charge in [0.15, 0.2) is 5.78 Å². The summed E-state index contributed by atoms with van der Waals surface area (Å²) in [7, 11) is 1.80. The largest absolute Gasteiger partial charge is 0.481 e. The van der Waals surface area contributed by atoms with Crippen LogP contribution in [0.1, 0.15) is 48.0 Å². The molecule has 0 saturated heterocycles. The molecule has 0 saturated carbocycles. The van der Waals surface area contributed by atoms with Crippen molar-refractivity contribution in [3.8, 4) is 0 Å². The van der Waals surface area contributed by atoms with E-state index in [1.54, 1.807) is 7.05 Å². The third-order valence-corrected chi connectivity index (χ3v) is 2.94. The average Bonchev–Trinajstić information content (AvgIpc) is 2.08. The molecule has 0 amide bonds. The summed E-state index contributed by atoms with van der Waals surface area (Å²) in [5, 5.41) is 8.93. The second kappa shape index (κ2) is 5.17. The van der Waals surface area contributed by atoms with E-state index in [1.165, 1.54) is 0 Å². The number of carboxylic acid groups (broad SMARTS) is 1. The molecule has 4 nitrogen and oxygen atoms in total. The van der Waals surface area contributed by atoms with Crippen LogP contribution in [-0.2, 0) is 9.59 Å². The molecule has 1 N–H and O–H groups in total. The fourth-order valence-corrected chi connectivity index (χ4v) is 1.54. The maximum atomic E-state index is 12.3. The van der Waals surface area contributed by atoms with E-state index in [2.05, 4.69) is 0 Å². The van der Waals surface area contributed by atoms with Crippen molar-refractivity contribution in [1.29, 1.82) is 0 Å². The third-order valence-electron chi connectivity index (χ3n) is 2.94. The molecular weight excluding hydrogens is 218 g/mol. The predicted molar refractivity (Wildman–Crippen MR) is 68.0 cm³/mol. The molecule has 0 bridgehead atoms. The van der Waals surface area contributed by atoms with Crippen LogP contribution in [0.4, 0.5) is 0 Å². The van der Waals surface area contributed by atoms with E-state index in [-0.39, 0.29) is 17.7 Å². The molecule has 0 unspecified atom stereocenters. The third kappa shape index (κ3) is 4.86. The first kappa shape index (κ1) is 16.1. The van der Waals surface area contributed by atoms with Crippen molar-refractivity contribution in [3.63, 3.8) is 0 Å². The van der Waals surface area contributed by atoms with Crippen molar-refractivity contribution in [2.45, 2.75) is 59.5 Å². The molecule has 0 aromatic carbocycles. The van der Waals surface area contributed by atoms with Gasteiger partial charge >= 0.3 is 5.97 Å². The lowest BCUT2D eigenvalue weighted by molar-refractivity contribution is -0.144. The van der Waals surface area contributed by atoms with Gasteiger partial charge in [0.1, 0.15) is 0 Å². The summed E-state index contributed by atoms with van der Waals surface area (Å²) in [6.07, 6.45) is -0.149. The van der Waals surface area contributed by atoms with Crippen LogP contribution in [0.5, 0.6) is 0 Å². The van der Waals surface area contributed by atoms with E-state index >= 15 is 0 Å². The standard InChI is InChI=1S/C13H25NO3/c1-12(2,3)11(17)9(8-10(15)16)14(7)13(4,5)6/h9H,8H2,1-7H3,(H,15,16)/t9-/m0/s1. The Morgan fingerprint density at radius 1 is 1.12 bits per heavy atom. The van der Waals surface area contributed by atoms with Gasteiger partial charge in [-0.15, -0.1) is 0 Å². The second-order valence-electron chi connectivity index (χ2n) is 6.51. The smallest absolute Gasteiger partial charge is 0.305 e. The molecule has 0 spiro atoms. The zero-order valence-corrected chi connectivity index (χ0v) is 12.0. The van der Waals surface area contributed by atoms with Gasteiger partial charge in [-0.3, -0.25) is 14.5 Å². The summed E-state index contributed by atoms with van der Waals surface area (Å²) >= 11 is 0. The highest BCUT2D eigenvalue weighted by molar-refractivity contribution is 5.91. The number of carboxylic acids is 1. The molecule has 0 heterocycles. The molecule has 0 fully saturated rings. The Hall–Kier alpha value is -0.900. The Labute approximate surface area is 104 Å². The summed E-state index contributed by atoms with van der Waals surface area (Å²) in [6.45, 7) is 11.4. The number of carbonyl (C=O) groups excluding carboxylic acids is 1. The van der Waals surface area contributed by atoms with E-state index < -0.39 is 17.4 Å². The number of aliphatic carboxylic acids is 1. The highest BCUT2D eigenvalue weighted by Gasteiger charge is 2.37. The lowest BCUT2D eigenvalue weighted by atomic mass is 9.83. The molecule has 1 atom stereocenters. The fourth-order valence-electron chi connectivity index (χ4n) is 1.54. The van der Waals surface area contributed by atoms with Crippen molar-refractivity contribution in [2.24, 2.45) is 5.41 Å². The lowest BCUT2D eigenvalue weighted by Crippen LogP contribution is -2.52. The van der Waals surface area contributed by atoms with Gasteiger partial charge in [0.05, 0.1) is 12.5 Å². The van der Waals surface area contributed by atoms with Crippen LogP contribution < -0.4 is 0 Å². The first-order chi connectivity index (χ1) is 7.37. The van der Waals surface area contributed by atoms with Crippen LogP contribution in [0.3, 0.4) is 0 Å². The summed E-state index contributed by atoms with van der Waals surface area (Å²) < 4.78 is 0. The number of hydrogen-bond acceptors (Lipinski definition) is 3. The van der Waals surface area contributed by atoms with Crippen LogP contribution in [-0.4, -0.2) is 40.4 Å². The van der Waals surface area contributed by atoms with Crippen LogP contribution in [0.2, 0.25) is 0 Å². The fraction of sp³-hybridized carbons (Fsp3) is 0.846. The number of rotatable bonds is 4. The van der Waals surface area contributed by atoms with Crippen molar-refractivity contribution < 1.29 is 14.7 Å². The minimum Gasteiger partial charge on any atom is -0.481 e. The quantitative estimate of drug-likeness (QED) is 0.822. The van der Waals surface area contributed by atoms with Crippen LogP contribution in [0, 0.1) is 5.41 Å². The SMILES string of the molecule is CN([C@@H](CC(=O)O)C(=O)C(C)(C)C)C(C)(C)C. The molecule has 4 heteroatoms. The lowest BCUT2D eigenvalue weighted by Gasteiger charge is -2.39. The van der Waals surface area contributed by atoms with Crippen molar-refractivity contribution in [2.75, 3.05) is 7.05 Å². The highest BCUT2D eigenvalue weighted by atomic mass is 16.4. The van der Waals surface area contributed by atoms with E-state index in [4.69, 9.17) is 5.11 Å². The van der Waals surface area contributed by atoms with Gasteiger partial charge in [-0.1, -0.05) is 20.8 Å². The Morgan fingerprint density at radius 2 is 1.53 bits per heavy atom. The zero-order valence-electron chi connectivity index (χ0n) is 12.0. The van der Waals surface area contributed by atoms with Gasteiger partial charge in [0.25, 0.3) is 0 Å². The van der Waals surface area contributed by atoms with Crippen LogP contribution in [0.15, 0.2) is 0 Å². The Kier molecular flexibility index (Phi) is 4.90. The topological polar surface area (TPSA) is 57.6 Å². The molecular formula is C13H25NO3. The Morgan fingerprint density at radius 3 is 1.76 bits per heavy atom. The predicted octanol–water partition coefficient (Wildman–Crippen LogP) is 2.18. The Bertz CT molecular complexity index is 297. The van der Waals surface area contributed by atoms with Crippen molar-refractivity contribution in [1.82, 2.24) is 4.90 Å².